The first-order valence-corrected chi connectivity index (χ1v) is 12.8. The van der Waals surface area contributed by atoms with Crippen molar-refractivity contribution in [1.82, 2.24) is 24.8 Å². The van der Waals surface area contributed by atoms with Gasteiger partial charge in [-0.2, -0.15) is 0 Å². The van der Waals surface area contributed by atoms with Crippen molar-refractivity contribution >= 4 is 28.9 Å². The minimum absolute atomic E-state index is 0.0503. The van der Waals surface area contributed by atoms with Gasteiger partial charge < -0.3 is 20.1 Å². The van der Waals surface area contributed by atoms with E-state index < -0.39 is 0 Å². The Morgan fingerprint density at radius 3 is 2.41 bits per heavy atom. The lowest BCUT2D eigenvalue weighted by Gasteiger charge is -2.28. The van der Waals surface area contributed by atoms with E-state index in [0.717, 1.165) is 39.7 Å². The summed E-state index contributed by atoms with van der Waals surface area (Å²) in [5.41, 5.74) is 6.15. The SMILES string of the molecule is Cc1ccc(NC(=O)CCN2C(=S)N[C@@H](c3ccccn3)[C@H]2c2cc(C)n(-c3ccccn3)c2C)cc1. The Morgan fingerprint density at radius 1 is 1.00 bits per heavy atom. The number of aromatic nitrogens is 3. The molecule has 0 aliphatic carbocycles. The van der Waals surface area contributed by atoms with Gasteiger partial charge in [-0.15, -0.1) is 0 Å². The van der Waals surface area contributed by atoms with Crippen molar-refractivity contribution in [3.8, 4) is 5.82 Å². The number of anilines is 1. The number of nitrogens with zero attached hydrogens (tertiary/aromatic N) is 4. The van der Waals surface area contributed by atoms with E-state index in [1.165, 1.54) is 0 Å². The number of hydrogen-bond acceptors (Lipinski definition) is 4. The van der Waals surface area contributed by atoms with Crippen LogP contribution in [0.1, 0.15) is 46.7 Å². The topological polar surface area (TPSA) is 75.1 Å². The Kier molecular flexibility index (Phi) is 7.01. The summed E-state index contributed by atoms with van der Waals surface area (Å²) in [5.74, 6) is 0.821. The van der Waals surface area contributed by atoms with Crippen molar-refractivity contribution in [1.29, 1.82) is 0 Å². The maximum atomic E-state index is 12.8. The van der Waals surface area contributed by atoms with E-state index in [1.807, 2.05) is 67.6 Å². The minimum atomic E-state index is -0.147. The summed E-state index contributed by atoms with van der Waals surface area (Å²) in [6.45, 7) is 6.69. The van der Waals surface area contributed by atoms with Crippen LogP contribution >= 0.6 is 12.2 Å². The molecular weight excluding hydrogens is 480 g/mol. The van der Waals surface area contributed by atoms with Crippen LogP contribution in [0.15, 0.2) is 79.1 Å². The molecule has 5 rings (SSSR count). The molecule has 2 N–H and O–H groups in total. The lowest BCUT2D eigenvalue weighted by atomic mass is 9.96. The van der Waals surface area contributed by atoms with Gasteiger partial charge in [-0.3, -0.25) is 9.78 Å². The maximum absolute atomic E-state index is 12.8. The zero-order valence-electron chi connectivity index (χ0n) is 21.2. The second kappa shape index (κ2) is 10.5. The molecule has 1 aliphatic rings. The van der Waals surface area contributed by atoms with Crippen LogP contribution in [-0.2, 0) is 4.79 Å². The summed E-state index contributed by atoms with van der Waals surface area (Å²) in [4.78, 5) is 24.2. The highest BCUT2D eigenvalue weighted by Crippen LogP contribution is 2.41. The second-order valence-corrected chi connectivity index (χ2v) is 9.72. The highest BCUT2D eigenvalue weighted by atomic mass is 32.1. The molecule has 1 fully saturated rings. The number of nitrogens with one attached hydrogen (secondary N) is 2. The molecule has 37 heavy (non-hydrogen) atoms. The molecule has 4 aromatic rings. The summed E-state index contributed by atoms with van der Waals surface area (Å²) >= 11 is 5.80. The zero-order chi connectivity index (χ0) is 25.9. The molecule has 1 saturated heterocycles. The van der Waals surface area contributed by atoms with Gasteiger partial charge in [0, 0.05) is 42.4 Å². The summed E-state index contributed by atoms with van der Waals surface area (Å²) in [5, 5.41) is 7.10. The lowest BCUT2D eigenvalue weighted by molar-refractivity contribution is -0.116. The largest absolute Gasteiger partial charge is 0.352 e. The highest BCUT2D eigenvalue weighted by Gasteiger charge is 2.41. The number of aryl methyl sites for hydroxylation is 2. The number of benzene rings is 1. The van der Waals surface area contributed by atoms with E-state index in [1.54, 1.807) is 12.4 Å². The fourth-order valence-corrected chi connectivity index (χ4v) is 5.32. The number of pyridine rings is 2. The fraction of sp³-hybridized carbons (Fsp3) is 0.241. The second-order valence-electron chi connectivity index (χ2n) is 9.33. The van der Waals surface area contributed by atoms with Crippen LogP contribution in [0, 0.1) is 20.8 Å². The van der Waals surface area contributed by atoms with Crippen molar-refractivity contribution in [2.75, 3.05) is 11.9 Å². The van der Waals surface area contributed by atoms with Gasteiger partial charge in [0.25, 0.3) is 0 Å². The maximum Gasteiger partial charge on any atom is 0.226 e. The zero-order valence-corrected chi connectivity index (χ0v) is 22.0. The first-order valence-electron chi connectivity index (χ1n) is 12.4. The van der Waals surface area contributed by atoms with Gasteiger partial charge >= 0.3 is 0 Å². The molecule has 1 aliphatic heterocycles. The van der Waals surface area contributed by atoms with Gasteiger partial charge in [-0.05, 0) is 81.0 Å². The molecule has 0 radical (unpaired) electrons. The van der Waals surface area contributed by atoms with Gasteiger partial charge in [0.1, 0.15) is 5.82 Å². The average Bonchev–Trinajstić information content (AvgIpc) is 3.39. The Balaban J connectivity index is 1.45. The molecule has 0 unspecified atom stereocenters. The van der Waals surface area contributed by atoms with Crippen LogP contribution in [0.2, 0.25) is 0 Å². The Morgan fingerprint density at radius 2 is 1.73 bits per heavy atom. The minimum Gasteiger partial charge on any atom is -0.352 e. The number of rotatable bonds is 7. The number of carbonyl (C=O) groups is 1. The van der Waals surface area contributed by atoms with E-state index >= 15 is 0 Å². The summed E-state index contributed by atoms with van der Waals surface area (Å²) in [7, 11) is 0. The smallest absolute Gasteiger partial charge is 0.226 e. The first-order chi connectivity index (χ1) is 17.9. The van der Waals surface area contributed by atoms with Crippen LogP contribution in [0.4, 0.5) is 5.69 Å². The Bertz CT molecular complexity index is 1400. The van der Waals surface area contributed by atoms with E-state index in [2.05, 4.69) is 50.0 Å². The molecule has 3 aromatic heterocycles. The van der Waals surface area contributed by atoms with Gasteiger partial charge in [0.2, 0.25) is 5.91 Å². The molecule has 0 bridgehead atoms. The summed E-state index contributed by atoms with van der Waals surface area (Å²) in [6, 6.07) is 21.5. The first kappa shape index (κ1) is 24.6. The average molecular weight is 511 g/mol. The van der Waals surface area contributed by atoms with E-state index in [4.69, 9.17) is 12.2 Å². The molecular formula is C29H30N6OS. The monoisotopic (exact) mass is 510 g/mol. The number of carbonyl (C=O) groups excluding carboxylic acids is 1. The van der Waals surface area contributed by atoms with Gasteiger partial charge in [0.15, 0.2) is 5.11 Å². The van der Waals surface area contributed by atoms with Crippen LogP contribution in [0.3, 0.4) is 0 Å². The molecule has 7 nitrogen and oxygen atoms in total. The van der Waals surface area contributed by atoms with Crippen molar-refractivity contribution in [2.45, 2.75) is 39.3 Å². The molecule has 8 heteroatoms. The molecule has 2 atom stereocenters. The third kappa shape index (κ3) is 5.11. The van der Waals surface area contributed by atoms with Crippen molar-refractivity contribution in [2.24, 2.45) is 0 Å². The van der Waals surface area contributed by atoms with Gasteiger partial charge in [0.05, 0.1) is 17.8 Å². The molecule has 4 heterocycles. The fourth-order valence-electron chi connectivity index (χ4n) is 4.99. The molecule has 0 spiro atoms. The van der Waals surface area contributed by atoms with Crippen LogP contribution in [0.25, 0.3) is 5.82 Å². The Hall–Kier alpha value is -4.04. The summed E-state index contributed by atoms with van der Waals surface area (Å²) < 4.78 is 2.16. The standard InChI is InChI=1S/C29H30N6OS/c1-19-10-12-22(13-11-19)32-26(36)14-17-34-28(27(33-29(34)37)24-8-4-6-15-30-24)23-18-20(2)35(21(23)3)25-9-5-7-16-31-25/h4-13,15-16,18,27-28H,14,17H2,1-3H3,(H,32,36)(H,33,37)/t27-,28+/m0/s1. The van der Waals surface area contributed by atoms with Crippen molar-refractivity contribution < 1.29 is 4.79 Å². The van der Waals surface area contributed by atoms with E-state index in [0.29, 0.717) is 18.1 Å². The molecule has 1 aromatic carbocycles. The quantitative estimate of drug-likeness (QED) is 0.333. The van der Waals surface area contributed by atoms with Crippen LogP contribution < -0.4 is 10.6 Å². The van der Waals surface area contributed by atoms with E-state index in [9.17, 15) is 4.79 Å². The normalized spacial score (nSPS) is 17.1. The Labute approximate surface area is 222 Å². The molecule has 0 saturated carbocycles. The third-order valence-electron chi connectivity index (χ3n) is 6.78. The van der Waals surface area contributed by atoms with Gasteiger partial charge in [-0.1, -0.05) is 29.8 Å². The van der Waals surface area contributed by atoms with Crippen LogP contribution in [0.5, 0.6) is 0 Å². The highest BCUT2D eigenvalue weighted by molar-refractivity contribution is 7.80. The summed E-state index contributed by atoms with van der Waals surface area (Å²) in [6.07, 6.45) is 3.90. The number of amides is 1. The molecule has 188 valence electrons. The van der Waals surface area contributed by atoms with Crippen LogP contribution in [-0.4, -0.2) is 37.0 Å². The number of hydrogen-bond donors (Lipinski definition) is 2. The van der Waals surface area contributed by atoms with Gasteiger partial charge in [-0.25, -0.2) is 4.98 Å². The predicted octanol–water partition coefficient (Wildman–Crippen LogP) is 5.19. The molecule has 1 amide bonds. The number of thiocarbonyl (C=S) groups is 1. The third-order valence-corrected chi connectivity index (χ3v) is 7.13. The predicted molar refractivity (Wildman–Crippen MR) is 150 cm³/mol. The lowest BCUT2D eigenvalue weighted by Crippen LogP contribution is -2.32. The van der Waals surface area contributed by atoms with E-state index in [-0.39, 0.29) is 18.0 Å². The van der Waals surface area contributed by atoms with Crippen molar-refractivity contribution in [3.63, 3.8) is 0 Å². The van der Waals surface area contributed by atoms with Crippen molar-refractivity contribution in [3.05, 3.63) is 107 Å².